The smallest absolute Gasteiger partial charge is 0.319 e. The van der Waals surface area contributed by atoms with E-state index in [2.05, 4.69) is 50.9 Å². The summed E-state index contributed by atoms with van der Waals surface area (Å²) in [6.07, 6.45) is 14.1. The molecule has 4 unspecified atom stereocenters. The minimum absolute atomic E-state index is 0.00778. The maximum Gasteiger partial charge on any atom is 0.319 e. The van der Waals surface area contributed by atoms with E-state index < -0.39 is 23.3 Å². The van der Waals surface area contributed by atoms with Crippen LogP contribution in [0, 0.1) is 36.7 Å². The van der Waals surface area contributed by atoms with E-state index in [9.17, 15) is 18.3 Å². The Hall–Kier alpha value is -7.94. The number of pyridine rings is 3. The number of rotatable bonds is 6. The number of aryl methyl sites for hydroxylation is 1. The number of anilines is 1. The van der Waals surface area contributed by atoms with Crippen molar-refractivity contribution in [2.24, 2.45) is 0 Å². The standard InChI is InChI=1S/C33H31F3N6O2.C22H14FN5/c1-2-23-26(35)7-4-18-10-22(43)11-24(27(18)23)29-28(36)30-25(13-37-29)31(41-15-20-5-6-21(16-41)38-20)40-32(39-30)44-17-33-8-3-9-42(33)14-19(34)12-33;1-11-17(15-10-12(23)6-7-16(15)26-11)22-27-20-13-4-2-8-24-18(13)19-14(21(20)28-22)5-3-9-25-19/h1,4,7,10-11,13,19-21,38,43H,3,5-6,8-9,12,14-17H2;2-10,26H,1H3,(H,27,28). The molecule has 0 radical (unpaired) electrons. The number of benzene rings is 4. The molecular formula is C55H45F4N11O2. The third-order valence-electron chi connectivity index (χ3n) is 15.1. The topological polar surface area (TPSA) is 157 Å². The van der Waals surface area contributed by atoms with E-state index in [1.807, 2.05) is 31.2 Å². The molecule has 4 atom stereocenters. The lowest BCUT2D eigenvalue weighted by Gasteiger charge is -2.34. The first-order valence-electron chi connectivity index (χ1n) is 24.1. The number of nitrogens with one attached hydrogen (secondary N) is 3. The van der Waals surface area contributed by atoms with Crippen molar-refractivity contribution >= 4 is 71.2 Å². The van der Waals surface area contributed by atoms with Gasteiger partial charge in [0.2, 0.25) is 0 Å². The zero-order valence-corrected chi connectivity index (χ0v) is 38.9. The predicted molar refractivity (Wildman–Crippen MR) is 269 cm³/mol. The molecule has 14 rings (SSSR count). The van der Waals surface area contributed by atoms with Crippen LogP contribution in [0.4, 0.5) is 23.4 Å². The first-order valence-corrected chi connectivity index (χ1v) is 24.1. The number of alkyl halides is 1. The number of ether oxygens (including phenoxy) is 1. The number of H-pyrrole nitrogens is 2. The van der Waals surface area contributed by atoms with Crippen molar-refractivity contribution in [3.05, 3.63) is 114 Å². The first-order chi connectivity index (χ1) is 35.0. The van der Waals surface area contributed by atoms with Crippen LogP contribution in [0.1, 0.15) is 43.4 Å². The number of hydrogen-bond acceptors (Lipinski definition) is 11. The molecule has 4 fully saturated rings. The quantitative estimate of drug-likeness (QED) is 0.0715. The summed E-state index contributed by atoms with van der Waals surface area (Å²) in [5.41, 5.74) is 5.63. The molecule has 2 bridgehead atoms. The summed E-state index contributed by atoms with van der Waals surface area (Å²) in [5, 5.41) is 17.9. The maximum absolute atomic E-state index is 16.7. The van der Waals surface area contributed by atoms with Crippen LogP contribution in [0.5, 0.6) is 11.8 Å². The number of fused-ring (bicyclic) bond motifs is 12. The number of aromatic nitrogens is 8. The predicted octanol–water partition coefficient (Wildman–Crippen LogP) is 9.96. The van der Waals surface area contributed by atoms with Gasteiger partial charge in [-0.05, 0) is 105 Å². The molecule has 0 spiro atoms. The van der Waals surface area contributed by atoms with Crippen molar-refractivity contribution in [2.75, 3.05) is 37.7 Å². The number of nitrogens with zero attached hydrogens (tertiary/aromatic N) is 8. The first kappa shape index (κ1) is 44.0. The second-order valence-electron chi connectivity index (χ2n) is 19.5. The van der Waals surface area contributed by atoms with Crippen LogP contribution >= 0.6 is 0 Å². The average Bonchev–Trinajstić information content (AvgIpc) is 4.21. The number of aromatic hydroxyl groups is 1. The minimum Gasteiger partial charge on any atom is -0.508 e. The minimum atomic E-state index is -0.913. The van der Waals surface area contributed by atoms with Gasteiger partial charge in [0.05, 0.1) is 38.6 Å². The summed E-state index contributed by atoms with van der Waals surface area (Å²) < 4.78 is 66.1. The third kappa shape index (κ3) is 7.14. The fraction of sp³-hybridized carbons (Fsp3) is 0.273. The number of imidazole rings is 1. The van der Waals surface area contributed by atoms with Gasteiger partial charge in [0, 0.05) is 101 Å². The number of aromatic amines is 2. The van der Waals surface area contributed by atoms with E-state index in [1.165, 1.54) is 36.5 Å². The van der Waals surface area contributed by atoms with Crippen molar-refractivity contribution in [2.45, 2.75) is 62.8 Å². The number of piperazine rings is 1. The summed E-state index contributed by atoms with van der Waals surface area (Å²) in [6.45, 7) is 4.76. The van der Waals surface area contributed by atoms with Gasteiger partial charge in [-0.1, -0.05) is 12.0 Å². The fourth-order valence-corrected chi connectivity index (χ4v) is 12.0. The summed E-state index contributed by atoms with van der Waals surface area (Å²) in [7, 11) is 0. The number of terminal acetylenes is 1. The van der Waals surface area contributed by atoms with E-state index in [0.29, 0.717) is 60.6 Å². The van der Waals surface area contributed by atoms with Gasteiger partial charge in [-0.15, -0.1) is 6.42 Å². The Morgan fingerprint density at radius 2 is 1.64 bits per heavy atom. The largest absolute Gasteiger partial charge is 0.508 e. The van der Waals surface area contributed by atoms with E-state index in [-0.39, 0.29) is 51.9 Å². The number of halogens is 4. The Balaban J connectivity index is 0.000000154. The fourth-order valence-electron chi connectivity index (χ4n) is 12.0. The molecule has 0 aliphatic carbocycles. The van der Waals surface area contributed by atoms with Crippen LogP contribution in [-0.2, 0) is 0 Å². The van der Waals surface area contributed by atoms with Crippen molar-refractivity contribution in [3.8, 4) is 46.7 Å². The van der Waals surface area contributed by atoms with Gasteiger partial charge < -0.3 is 30.0 Å². The highest BCUT2D eigenvalue weighted by Crippen LogP contribution is 2.43. The average molecular weight is 968 g/mol. The van der Waals surface area contributed by atoms with Gasteiger partial charge >= 0.3 is 6.01 Å². The second-order valence-corrected chi connectivity index (χ2v) is 19.5. The van der Waals surface area contributed by atoms with Gasteiger partial charge in [0.25, 0.3) is 0 Å². The molecule has 360 valence electrons. The lowest BCUT2D eigenvalue weighted by molar-refractivity contribution is 0.107. The molecule has 72 heavy (non-hydrogen) atoms. The lowest BCUT2D eigenvalue weighted by Crippen LogP contribution is -2.51. The number of phenolic OH excluding ortho intramolecular Hbond substituents is 1. The maximum atomic E-state index is 16.7. The highest BCUT2D eigenvalue weighted by atomic mass is 19.1. The summed E-state index contributed by atoms with van der Waals surface area (Å²) in [6, 6.07) is 18.6. The molecule has 10 aromatic rings. The zero-order valence-electron chi connectivity index (χ0n) is 38.9. The lowest BCUT2D eigenvalue weighted by atomic mass is 9.95. The monoisotopic (exact) mass is 967 g/mol. The van der Waals surface area contributed by atoms with Gasteiger partial charge in [0.15, 0.2) is 5.82 Å². The Bertz CT molecular complexity index is 3830. The summed E-state index contributed by atoms with van der Waals surface area (Å²) >= 11 is 0. The van der Waals surface area contributed by atoms with Crippen LogP contribution in [0.15, 0.2) is 85.3 Å². The molecule has 10 heterocycles. The molecule has 0 saturated carbocycles. The molecule has 17 heteroatoms. The van der Waals surface area contributed by atoms with Crippen molar-refractivity contribution in [3.63, 3.8) is 0 Å². The van der Waals surface area contributed by atoms with Crippen molar-refractivity contribution in [1.29, 1.82) is 0 Å². The molecule has 4 N–H and O–H groups in total. The summed E-state index contributed by atoms with van der Waals surface area (Å²) in [4.78, 5) is 38.9. The highest BCUT2D eigenvalue weighted by Gasteiger charge is 2.49. The molecule has 4 aliphatic rings. The van der Waals surface area contributed by atoms with E-state index in [4.69, 9.17) is 21.1 Å². The Morgan fingerprint density at radius 1 is 0.847 bits per heavy atom. The van der Waals surface area contributed by atoms with Crippen LogP contribution in [-0.4, -0.2) is 106 Å². The van der Waals surface area contributed by atoms with Crippen LogP contribution in [0.25, 0.3) is 88.1 Å². The second kappa shape index (κ2) is 16.8. The molecule has 13 nitrogen and oxygen atoms in total. The number of phenols is 1. The molecule has 0 amide bonds. The Morgan fingerprint density at radius 3 is 2.44 bits per heavy atom. The van der Waals surface area contributed by atoms with Crippen molar-refractivity contribution in [1.82, 2.24) is 50.1 Å². The zero-order chi connectivity index (χ0) is 49.0. The Kier molecular flexibility index (Phi) is 10.3. The van der Waals surface area contributed by atoms with E-state index in [0.717, 1.165) is 87.2 Å². The molecule has 6 aromatic heterocycles. The normalized spacial score (nSPS) is 20.8. The Labute approximate surface area is 408 Å². The van der Waals surface area contributed by atoms with Gasteiger partial charge in [0.1, 0.15) is 53.0 Å². The molecule has 4 saturated heterocycles. The SMILES string of the molecule is C#Cc1c(F)ccc2cc(O)cc(-c3ncc4c(N5CC6CCC(C5)N6)nc(OCC56CCCN5CC(F)C6)nc4c3F)c12.Cc1[nH]c2ccc(F)cc2c1-c1nc2c3cccnc3c3ncccc3c2[nH]1. The van der Waals surface area contributed by atoms with E-state index in [1.54, 1.807) is 24.5 Å². The number of hydrogen-bond donors (Lipinski definition) is 4. The third-order valence-corrected chi connectivity index (χ3v) is 15.1. The van der Waals surface area contributed by atoms with Crippen LogP contribution in [0.3, 0.4) is 0 Å². The summed E-state index contributed by atoms with van der Waals surface area (Å²) in [5.74, 6) is 1.78. The van der Waals surface area contributed by atoms with Gasteiger partial charge in [-0.2, -0.15) is 9.97 Å². The molecular weight excluding hydrogens is 923 g/mol. The van der Waals surface area contributed by atoms with E-state index >= 15 is 4.39 Å². The molecule has 4 aromatic carbocycles. The van der Waals surface area contributed by atoms with Crippen LogP contribution < -0.4 is 15.0 Å². The molecule has 4 aliphatic heterocycles. The van der Waals surface area contributed by atoms with Gasteiger partial charge in [-0.25, -0.2) is 22.5 Å². The van der Waals surface area contributed by atoms with Gasteiger partial charge in [-0.3, -0.25) is 19.9 Å². The van der Waals surface area contributed by atoms with Crippen LogP contribution in [0.2, 0.25) is 0 Å². The highest BCUT2D eigenvalue weighted by molar-refractivity contribution is 6.21. The van der Waals surface area contributed by atoms with Crippen molar-refractivity contribution < 1.29 is 27.4 Å².